The van der Waals surface area contributed by atoms with Gasteiger partial charge in [-0.15, -0.1) is 0 Å². The van der Waals surface area contributed by atoms with Gasteiger partial charge in [0, 0.05) is 12.6 Å². The molecule has 0 unspecified atom stereocenters. The lowest BCUT2D eigenvalue weighted by Gasteiger charge is -2.06. The Morgan fingerprint density at radius 3 is 2.70 bits per heavy atom. The summed E-state index contributed by atoms with van der Waals surface area (Å²) < 4.78 is 43.0. The smallest absolute Gasteiger partial charge is 0.306 e. The van der Waals surface area contributed by atoms with Crippen molar-refractivity contribution in [3.63, 3.8) is 0 Å². The summed E-state index contributed by atoms with van der Waals surface area (Å²) in [5.74, 6) is -1.75. The van der Waals surface area contributed by atoms with Crippen molar-refractivity contribution >= 4 is 21.7 Å². The molecule has 0 saturated heterocycles. The van der Waals surface area contributed by atoms with Crippen LogP contribution in [0.2, 0.25) is 0 Å². The molecular formula is C10H11FN2O6S. The number of methoxy groups -OCH3 is 1. The van der Waals surface area contributed by atoms with E-state index in [2.05, 4.69) is 9.46 Å². The van der Waals surface area contributed by atoms with Crippen LogP contribution in [0.25, 0.3) is 0 Å². The number of hydrogen-bond acceptors (Lipinski definition) is 6. The standard InChI is InChI=1S/C10H11FN2O6S/c1-19-10(14)4-5-12-20(17,18)7-2-3-8(11)9(6-7)13(15)16/h2-3,6,12H,4-5H2,1H3. The Morgan fingerprint density at radius 2 is 2.15 bits per heavy atom. The number of halogens is 1. The molecule has 1 N–H and O–H groups in total. The first-order valence-corrected chi connectivity index (χ1v) is 6.76. The second-order valence-electron chi connectivity index (χ2n) is 3.59. The minimum Gasteiger partial charge on any atom is -0.469 e. The van der Waals surface area contributed by atoms with Crippen LogP contribution in [0.1, 0.15) is 6.42 Å². The van der Waals surface area contributed by atoms with E-state index in [-0.39, 0.29) is 13.0 Å². The van der Waals surface area contributed by atoms with Gasteiger partial charge in [-0.2, -0.15) is 4.39 Å². The zero-order valence-electron chi connectivity index (χ0n) is 10.3. The van der Waals surface area contributed by atoms with Crippen molar-refractivity contribution in [3.05, 3.63) is 34.1 Å². The van der Waals surface area contributed by atoms with E-state index in [0.717, 1.165) is 13.2 Å². The molecule has 0 aliphatic carbocycles. The first kappa shape index (κ1) is 16.0. The lowest BCUT2D eigenvalue weighted by atomic mass is 10.3. The molecule has 0 bridgehead atoms. The molecule has 20 heavy (non-hydrogen) atoms. The minimum atomic E-state index is -4.07. The Bertz CT molecular complexity index is 631. The first-order chi connectivity index (χ1) is 9.27. The van der Waals surface area contributed by atoms with Crippen LogP contribution >= 0.6 is 0 Å². The number of nitro benzene ring substituents is 1. The highest BCUT2D eigenvalue weighted by atomic mass is 32.2. The predicted octanol–water partition coefficient (Wildman–Crippen LogP) is 0.575. The van der Waals surface area contributed by atoms with Crippen LogP contribution in [0.3, 0.4) is 0 Å². The average molecular weight is 306 g/mol. The summed E-state index contributed by atoms with van der Waals surface area (Å²) in [5, 5.41) is 10.5. The molecular weight excluding hydrogens is 295 g/mol. The van der Waals surface area contributed by atoms with Gasteiger partial charge >= 0.3 is 11.7 Å². The summed E-state index contributed by atoms with van der Waals surface area (Å²) in [7, 11) is -2.91. The third-order valence-electron chi connectivity index (χ3n) is 2.27. The fourth-order valence-electron chi connectivity index (χ4n) is 1.27. The fourth-order valence-corrected chi connectivity index (χ4v) is 2.32. The Hall–Kier alpha value is -2.07. The van der Waals surface area contributed by atoms with Gasteiger partial charge < -0.3 is 4.74 Å². The molecule has 0 atom stereocenters. The van der Waals surface area contributed by atoms with Crippen LogP contribution in [0.15, 0.2) is 23.1 Å². The summed E-state index contributed by atoms with van der Waals surface area (Å²) in [6.45, 7) is -0.236. The SMILES string of the molecule is COC(=O)CCNS(=O)(=O)c1ccc(F)c([N+](=O)[O-])c1. The van der Waals surface area contributed by atoms with Crippen molar-refractivity contribution in [2.45, 2.75) is 11.3 Å². The van der Waals surface area contributed by atoms with Crippen LogP contribution in [0, 0.1) is 15.9 Å². The Morgan fingerprint density at radius 1 is 1.50 bits per heavy atom. The quantitative estimate of drug-likeness (QED) is 0.467. The summed E-state index contributed by atoms with van der Waals surface area (Å²) in [4.78, 5) is 19.9. The number of carbonyl (C=O) groups is 1. The third-order valence-corrected chi connectivity index (χ3v) is 3.73. The Balaban J connectivity index is 2.90. The monoisotopic (exact) mass is 306 g/mol. The van der Waals surface area contributed by atoms with Crippen LogP contribution in [0.5, 0.6) is 0 Å². The van der Waals surface area contributed by atoms with E-state index < -0.39 is 37.3 Å². The maximum absolute atomic E-state index is 13.1. The number of benzene rings is 1. The maximum Gasteiger partial charge on any atom is 0.306 e. The van der Waals surface area contributed by atoms with Crippen molar-refractivity contribution in [1.82, 2.24) is 4.72 Å². The second kappa shape index (κ2) is 6.39. The van der Waals surface area contributed by atoms with Gasteiger partial charge in [-0.25, -0.2) is 13.1 Å². The highest BCUT2D eigenvalue weighted by Gasteiger charge is 2.21. The van der Waals surface area contributed by atoms with Crippen LogP contribution in [-0.4, -0.2) is 33.0 Å². The summed E-state index contributed by atoms with van der Waals surface area (Å²) >= 11 is 0. The Kier molecular flexibility index (Phi) is 5.11. The topological polar surface area (TPSA) is 116 Å². The van der Waals surface area contributed by atoms with Gasteiger partial charge in [-0.05, 0) is 12.1 Å². The zero-order valence-corrected chi connectivity index (χ0v) is 11.1. The molecule has 1 aromatic carbocycles. The van der Waals surface area contributed by atoms with Crippen molar-refractivity contribution in [2.24, 2.45) is 0 Å². The van der Waals surface area contributed by atoms with E-state index in [1.165, 1.54) is 0 Å². The lowest BCUT2D eigenvalue weighted by Crippen LogP contribution is -2.26. The molecule has 0 amide bonds. The lowest BCUT2D eigenvalue weighted by molar-refractivity contribution is -0.387. The second-order valence-corrected chi connectivity index (χ2v) is 5.36. The van der Waals surface area contributed by atoms with Gasteiger partial charge in [0.2, 0.25) is 15.8 Å². The molecule has 0 radical (unpaired) electrons. The molecule has 0 heterocycles. The third kappa shape index (κ3) is 3.96. The van der Waals surface area contributed by atoms with E-state index in [1.807, 2.05) is 0 Å². The summed E-state index contributed by atoms with van der Waals surface area (Å²) in [5.41, 5.74) is -0.944. The van der Waals surface area contributed by atoms with Gasteiger partial charge in [0.05, 0.1) is 23.3 Å². The molecule has 0 aliphatic rings. The number of hydrogen-bond donors (Lipinski definition) is 1. The molecule has 0 aromatic heterocycles. The van der Waals surface area contributed by atoms with E-state index in [9.17, 15) is 27.7 Å². The molecule has 0 fully saturated rings. The number of esters is 1. The molecule has 1 rings (SSSR count). The number of nitrogens with one attached hydrogen (secondary N) is 1. The average Bonchev–Trinajstić information content (AvgIpc) is 2.38. The van der Waals surface area contributed by atoms with E-state index in [4.69, 9.17) is 0 Å². The molecule has 1 aromatic rings. The number of carbonyl (C=O) groups excluding carboxylic acids is 1. The predicted molar refractivity (Wildman–Crippen MR) is 64.9 cm³/mol. The normalized spacial score (nSPS) is 11.1. The van der Waals surface area contributed by atoms with Crippen molar-refractivity contribution in [1.29, 1.82) is 0 Å². The molecule has 0 saturated carbocycles. The minimum absolute atomic E-state index is 0.195. The van der Waals surface area contributed by atoms with E-state index in [0.29, 0.717) is 12.1 Å². The maximum atomic E-state index is 13.1. The number of nitrogens with zero attached hydrogens (tertiary/aromatic N) is 1. The first-order valence-electron chi connectivity index (χ1n) is 5.28. The number of rotatable bonds is 6. The molecule has 8 nitrogen and oxygen atoms in total. The van der Waals surface area contributed by atoms with Crippen LogP contribution in [0.4, 0.5) is 10.1 Å². The largest absolute Gasteiger partial charge is 0.469 e. The Labute approximate surface area is 113 Å². The molecule has 110 valence electrons. The number of nitro groups is 1. The highest BCUT2D eigenvalue weighted by Crippen LogP contribution is 2.21. The fraction of sp³-hybridized carbons (Fsp3) is 0.300. The number of ether oxygens (including phenoxy) is 1. The van der Waals surface area contributed by atoms with Gasteiger partial charge in [0.15, 0.2) is 0 Å². The van der Waals surface area contributed by atoms with Gasteiger partial charge in [0.25, 0.3) is 0 Å². The van der Waals surface area contributed by atoms with Crippen molar-refractivity contribution in [3.8, 4) is 0 Å². The zero-order chi connectivity index (χ0) is 15.3. The van der Waals surface area contributed by atoms with Crippen LogP contribution in [-0.2, 0) is 19.6 Å². The van der Waals surface area contributed by atoms with Crippen LogP contribution < -0.4 is 4.72 Å². The van der Waals surface area contributed by atoms with Gasteiger partial charge in [-0.3, -0.25) is 14.9 Å². The van der Waals surface area contributed by atoms with E-state index in [1.54, 1.807) is 0 Å². The summed E-state index contributed by atoms with van der Waals surface area (Å²) in [6.07, 6.45) is -0.195. The van der Waals surface area contributed by atoms with Gasteiger partial charge in [0.1, 0.15) is 0 Å². The van der Waals surface area contributed by atoms with Crippen molar-refractivity contribution in [2.75, 3.05) is 13.7 Å². The number of sulfonamides is 1. The molecule has 0 spiro atoms. The van der Waals surface area contributed by atoms with Crippen molar-refractivity contribution < 1.29 is 27.3 Å². The van der Waals surface area contributed by atoms with E-state index >= 15 is 0 Å². The summed E-state index contributed by atoms with van der Waals surface area (Å²) in [6, 6.07) is 2.19. The highest BCUT2D eigenvalue weighted by molar-refractivity contribution is 7.89. The van der Waals surface area contributed by atoms with Gasteiger partial charge in [-0.1, -0.05) is 0 Å². The molecule has 10 heteroatoms. The molecule has 0 aliphatic heterocycles.